The summed E-state index contributed by atoms with van der Waals surface area (Å²) in [5.74, 6) is 0.369. The molecule has 1 atom stereocenters. The van der Waals surface area contributed by atoms with Gasteiger partial charge in [0.25, 0.3) is 5.56 Å². The van der Waals surface area contributed by atoms with Gasteiger partial charge < -0.3 is 0 Å². The predicted octanol–water partition coefficient (Wildman–Crippen LogP) is 2.47. The first-order valence-corrected chi connectivity index (χ1v) is 9.90. The van der Waals surface area contributed by atoms with Crippen molar-refractivity contribution in [2.75, 3.05) is 13.1 Å². The highest BCUT2D eigenvalue weighted by Crippen LogP contribution is 2.30. The van der Waals surface area contributed by atoms with E-state index in [4.69, 9.17) is 0 Å². The van der Waals surface area contributed by atoms with Gasteiger partial charge >= 0.3 is 0 Å². The Morgan fingerprint density at radius 3 is 2.64 bits per heavy atom. The molecule has 1 unspecified atom stereocenters. The van der Waals surface area contributed by atoms with Crippen LogP contribution >= 0.6 is 0 Å². The number of rotatable bonds is 3. The van der Waals surface area contributed by atoms with Crippen LogP contribution in [0.5, 0.6) is 0 Å². The number of aryl methyl sites for hydroxylation is 1. The van der Waals surface area contributed by atoms with Crippen molar-refractivity contribution in [2.45, 2.75) is 38.5 Å². The van der Waals surface area contributed by atoms with Crippen LogP contribution in [0.3, 0.4) is 0 Å². The largest absolute Gasteiger partial charge is 0.268 e. The van der Waals surface area contributed by atoms with Crippen LogP contribution < -0.4 is 5.56 Å². The summed E-state index contributed by atoms with van der Waals surface area (Å²) in [4.78, 5) is 11.5. The topological polar surface area (TPSA) is 83.1 Å². The molecule has 0 aliphatic carbocycles. The van der Waals surface area contributed by atoms with Crippen molar-refractivity contribution in [3.05, 3.63) is 45.7 Å². The van der Waals surface area contributed by atoms with Gasteiger partial charge in [-0.2, -0.15) is 9.40 Å². The number of benzene rings is 1. The molecule has 2 heterocycles. The van der Waals surface area contributed by atoms with Crippen molar-refractivity contribution >= 4 is 10.0 Å². The van der Waals surface area contributed by atoms with E-state index in [0.717, 1.165) is 24.0 Å². The Hall–Kier alpha value is -1.99. The summed E-state index contributed by atoms with van der Waals surface area (Å²) in [5.41, 5.74) is 2.58. The fourth-order valence-electron chi connectivity index (χ4n) is 3.25. The summed E-state index contributed by atoms with van der Waals surface area (Å²) in [6.45, 7) is 6.93. The predicted molar refractivity (Wildman–Crippen MR) is 96.9 cm³/mol. The summed E-state index contributed by atoms with van der Waals surface area (Å²) in [5, 5.41) is 6.42. The second-order valence-corrected chi connectivity index (χ2v) is 8.74. The number of nitrogens with zero attached hydrogens (tertiary/aromatic N) is 2. The minimum absolute atomic E-state index is 0.289. The van der Waals surface area contributed by atoms with E-state index >= 15 is 0 Å². The smallest absolute Gasteiger partial charge is 0.264 e. The van der Waals surface area contributed by atoms with Crippen molar-refractivity contribution in [3.8, 4) is 11.3 Å². The summed E-state index contributed by atoms with van der Waals surface area (Å²) in [6.07, 6.45) is 1.95. The van der Waals surface area contributed by atoms with Crippen molar-refractivity contribution in [3.63, 3.8) is 0 Å². The van der Waals surface area contributed by atoms with Gasteiger partial charge in [0.15, 0.2) is 0 Å². The van der Waals surface area contributed by atoms with Crippen molar-refractivity contribution in [1.29, 1.82) is 0 Å². The molecule has 0 spiro atoms. The highest BCUT2D eigenvalue weighted by molar-refractivity contribution is 7.89. The zero-order chi connectivity index (χ0) is 18.2. The van der Waals surface area contributed by atoms with Gasteiger partial charge in [0.05, 0.1) is 10.6 Å². The zero-order valence-corrected chi connectivity index (χ0v) is 15.6. The van der Waals surface area contributed by atoms with Crippen LogP contribution in [-0.4, -0.2) is 36.0 Å². The lowest BCUT2D eigenvalue weighted by Gasteiger charge is -2.30. The standard InChI is InChI=1S/C18H23N3O3S/c1-12-5-4-8-21(11-12)25(23,24)17-10-15(9-13(2)14(17)3)16-6-7-18(22)20-19-16/h6-7,9-10,12H,4-5,8,11H2,1-3H3,(H,20,22). The molecule has 0 amide bonds. The van der Waals surface area contributed by atoms with Crippen LogP contribution in [0.15, 0.2) is 34.0 Å². The van der Waals surface area contributed by atoms with Crippen LogP contribution in [0.25, 0.3) is 11.3 Å². The second-order valence-electron chi connectivity index (χ2n) is 6.83. The molecule has 1 aliphatic heterocycles. The first-order chi connectivity index (χ1) is 11.8. The summed E-state index contributed by atoms with van der Waals surface area (Å²) in [6, 6.07) is 6.55. The Morgan fingerprint density at radius 2 is 2.00 bits per heavy atom. The molecular weight excluding hydrogens is 338 g/mol. The van der Waals surface area contributed by atoms with Crippen molar-refractivity contribution < 1.29 is 8.42 Å². The Labute approximate surface area is 147 Å². The highest BCUT2D eigenvalue weighted by atomic mass is 32.2. The minimum Gasteiger partial charge on any atom is -0.268 e. The average Bonchev–Trinajstić information content (AvgIpc) is 2.57. The van der Waals surface area contributed by atoms with E-state index in [1.54, 1.807) is 16.4 Å². The number of H-pyrrole nitrogens is 1. The van der Waals surface area contributed by atoms with Gasteiger partial charge in [-0.25, -0.2) is 13.5 Å². The van der Waals surface area contributed by atoms with Gasteiger partial charge in [-0.05, 0) is 61.9 Å². The van der Waals surface area contributed by atoms with Crippen LogP contribution in [-0.2, 0) is 10.0 Å². The number of hydrogen-bond acceptors (Lipinski definition) is 4. The summed E-state index contributed by atoms with van der Waals surface area (Å²) < 4.78 is 28.0. The normalized spacial score (nSPS) is 19.1. The van der Waals surface area contributed by atoms with E-state index in [0.29, 0.717) is 35.2 Å². The van der Waals surface area contributed by atoms with E-state index in [2.05, 4.69) is 17.1 Å². The number of sulfonamides is 1. The van der Waals surface area contributed by atoms with E-state index < -0.39 is 10.0 Å². The zero-order valence-electron chi connectivity index (χ0n) is 14.7. The molecule has 0 radical (unpaired) electrons. The minimum atomic E-state index is -3.55. The van der Waals surface area contributed by atoms with Gasteiger partial charge in [0.1, 0.15) is 0 Å². The van der Waals surface area contributed by atoms with Crippen LogP contribution in [0.1, 0.15) is 30.9 Å². The molecule has 25 heavy (non-hydrogen) atoms. The number of piperidine rings is 1. The molecule has 3 rings (SSSR count). The van der Waals surface area contributed by atoms with Crippen molar-refractivity contribution in [2.24, 2.45) is 5.92 Å². The van der Waals surface area contributed by atoms with Crippen LogP contribution in [0.4, 0.5) is 0 Å². The highest BCUT2D eigenvalue weighted by Gasteiger charge is 2.30. The number of hydrogen-bond donors (Lipinski definition) is 1. The fourth-order valence-corrected chi connectivity index (χ4v) is 5.17. The van der Waals surface area contributed by atoms with Gasteiger partial charge in [-0.15, -0.1) is 0 Å². The molecule has 1 fully saturated rings. The molecule has 1 saturated heterocycles. The van der Waals surface area contributed by atoms with E-state index in [-0.39, 0.29) is 5.56 Å². The summed E-state index contributed by atoms with van der Waals surface area (Å²) in [7, 11) is -3.55. The number of nitrogens with one attached hydrogen (secondary N) is 1. The first kappa shape index (κ1) is 17.8. The van der Waals surface area contributed by atoms with E-state index in [1.807, 2.05) is 19.9 Å². The lowest BCUT2D eigenvalue weighted by Crippen LogP contribution is -2.39. The third-order valence-electron chi connectivity index (χ3n) is 4.83. The molecule has 2 aromatic rings. The molecule has 7 heteroatoms. The van der Waals surface area contributed by atoms with E-state index in [9.17, 15) is 13.2 Å². The Bertz CT molecular complexity index is 930. The monoisotopic (exact) mass is 361 g/mol. The number of aromatic nitrogens is 2. The maximum Gasteiger partial charge on any atom is 0.264 e. The summed E-state index contributed by atoms with van der Waals surface area (Å²) >= 11 is 0. The van der Waals surface area contributed by atoms with Crippen molar-refractivity contribution in [1.82, 2.24) is 14.5 Å². The molecule has 1 aliphatic rings. The Morgan fingerprint density at radius 1 is 1.24 bits per heavy atom. The molecule has 6 nitrogen and oxygen atoms in total. The first-order valence-electron chi connectivity index (χ1n) is 8.46. The quantitative estimate of drug-likeness (QED) is 0.910. The average molecular weight is 361 g/mol. The molecular formula is C18H23N3O3S. The Balaban J connectivity index is 2.09. The number of aromatic amines is 1. The fraction of sp³-hybridized carbons (Fsp3) is 0.444. The molecule has 0 bridgehead atoms. The SMILES string of the molecule is Cc1cc(-c2ccc(=O)[nH]n2)cc(S(=O)(=O)N2CCCC(C)C2)c1C. The van der Waals surface area contributed by atoms with Crippen LogP contribution in [0, 0.1) is 19.8 Å². The molecule has 1 aromatic carbocycles. The Kier molecular flexibility index (Phi) is 4.79. The van der Waals surface area contributed by atoms with Gasteiger partial charge in [-0.1, -0.05) is 6.92 Å². The molecule has 1 aromatic heterocycles. The van der Waals surface area contributed by atoms with Gasteiger partial charge in [0, 0.05) is 24.7 Å². The van der Waals surface area contributed by atoms with Gasteiger partial charge in [-0.3, -0.25) is 4.79 Å². The van der Waals surface area contributed by atoms with E-state index in [1.165, 1.54) is 6.07 Å². The lowest BCUT2D eigenvalue weighted by atomic mass is 10.0. The molecule has 1 N–H and O–H groups in total. The van der Waals surface area contributed by atoms with Gasteiger partial charge in [0.2, 0.25) is 10.0 Å². The maximum atomic E-state index is 13.2. The molecule has 0 saturated carbocycles. The second kappa shape index (κ2) is 6.72. The molecule has 134 valence electrons. The maximum absolute atomic E-state index is 13.2. The third kappa shape index (κ3) is 3.52. The third-order valence-corrected chi connectivity index (χ3v) is 6.82. The lowest BCUT2D eigenvalue weighted by molar-refractivity contribution is 0.281. The van der Waals surface area contributed by atoms with Crippen LogP contribution in [0.2, 0.25) is 0 Å².